The van der Waals surface area contributed by atoms with E-state index in [1.54, 1.807) is 27.8 Å². The van der Waals surface area contributed by atoms with Crippen LogP contribution < -0.4 is 0 Å². The normalized spacial score (nSPS) is 11.7. The fourth-order valence-electron chi connectivity index (χ4n) is 3.72. The van der Waals surface area contributed by atoms with Crippen molar-refractivity contribution in [3.8, 4) is 0 Å². The fraction of sp³-hybridized carbons (Fsp3) is 0.360. The quantitative estimate of drug-likeness (QED) is 0.357. The molecule has 3 rings (SSSR count). The van der Waals surface area contributed by atoms with E-state index in [9.17, 15) is 13.2 Å². The minimum absolute atomic E-state index is 0.0208. The summed E-state index contributed by atoms with van der Waals surface area (Å²) in [6, 6.07) is 12.2. The summed E-state index contributed by atoms with van der Waals surface area (Å²) in [5, 5.41) is 0.740. The number of rotatable bonds is 9. The van der Waals surface area contributed by atoms with Crippen LogP contribution >= 0.6 is 23.2 Å². The molecule has 1 heterocycles. The van der Waals surface area contributed by atoms with Gasteiger partial charge in [-0.25, -0.2) is 13.4 Å². The largest absolute Gasteiger partial charge is 0.333 e. The van der Waals surface area contributed by atoms with E-state index < -0.39 is 9.84 Å². The molecule has 3 aromatic rings. The van der Waals surface area contributed by atoms with Crippen molar-refractivity contribution in [1.29, 1.82) is 0 Å². The number of hydrogen-bond donors (Lipinski definition) is 0. The second-order valence-electron chi connectivity index (χ2n) is 8.67. The zero-order chi connectivity index (χ0) is 25.0. The molecule has 9 heteroatoms. The molecular weight excluding hydrogens is 493 g/mol. The number of carbonyl (C=O) groups excluding carboxylic acids is 1. The highest BCUT2D eigenvalue weighted by Crippen LogP contribution is 2.25. The number of carbonyl (C=O) groups is 1. The van der Waals surface area contributed by atoms with E-state index in [0.29, 0.717) is 29.4 Å². The van der Waals surface area contributed by atoms with Crippen LogP contribution in [0.2, 0.25) is 10.0 Å². The summed E-state index contributed by atoms with van der Waals surface area (Å²) >= 11 is 12.2. The molecule has 0 fully saturated rings. The Morgan fingerprint density at radius 1 is 1.15 bits per heavy atom. The lowest BCUT2D eigenvalue weighted by atomic mass is 10.1. The average molecular weight is 522 g/mol. The topological polar surface area (TPSA) is 72.3 Å². The zero-order valence-electron chi connectivity index (χ0n) is 19.8. The van der Waals surface area contributed by atoms with Crippen LogP contribution in [0.3, 0.4) is 0 Å². The lowest BCUT2D eigenvalue weighted by molar-refractivity contribution is 0.0748. The minimum atomic E-state index is -3.71. The summed E-state index contributed by atoms with van der Waals surface area (Å²) in [5.74, 6) is -0.215. The van der Waals surface area contributed by atoms with Crippen molar-refractivity contribution < 1.29 is 13.2 Å². The van der Waals surface area contributed by atoms with E-state index in [2.05, 4.69) is 4.98 Å². The van der Waals surface area contributed by atoms with E-state index >= 15 is 0 Å². The van der Waals surface area contributed by atoms with E-state index in [1.807, 2.05) is 52.0 Å². The van der Waals surface area contributed by atoms with Gasteiger partial charge in [0.25, 0.3) is 5.91 Å². The van der Waals surface area contributed by atoms with Crippen molar-refractivity contribution >= 4 is 38.9 Å². The molecule has 0 aliphatic heterocycles. The standard InChI is InChI=1S/C25H29Cl2N3O3S/c1-5-29(24(31)22-11-10-20(26)12-23(22)27)15-21-13-28-25(30(21)14-17(2)3)34(32,33)16-19-9-7-6-8-18(19)4/h6-13,17H,5,14-16H2,1-4H3. The van der Waals surface area contributed by atoms with Crippen molar-refractivity contribution in [1.82, 2.24) is 14.5 Å². The molecule has 6 nitrogen and oxygen atoms in total. The van der Waals surface area contributed by atoms with Crippen LogP contribution in [0.15, 0.2) is 53.8 Å². The first-order chi connectivity index (χ1) is 16.0. The van der Waals surface area contributed by atoms with Gasteiger partial charge in [0.15, 0.2) is 0 Å². The molecule has 0 saturated heterocycles. The van der Waals surface area contributed by atoms with Crippen molar-refractivity contribution in [2.24, 2.45) is 5.92 Å². The molecule has 0 bridgehead atoms. The summed E-state index contributed by atoms with van der Waals surface area (Å²) in [6.07, 6.45) is 1.55. The van der Waals surface area contributed by atoms with Gasteiger partial charge in [-0.2, -0.15) is 0 Å². The Balaban J connectivity index is 1.95. The van der Waals surface area contributed by atoms with Gasteiger partial charge in [0.1, 0.15) is 0 Å². The third-order valence-corrected chi connectivity index (χ3v) is 7.64. The highest BCUT2D eigenvalue weighted by molar-refractivity contribution is 7.90. The predicted octanol–water partition coefficient (Wildman–Crippen LogP) is 5.79. The van der Waals surface area contributed by atoms with Crippen LogP contribution in [0.25, 0.3) is 0 Å². The van der Waals surface area contributed by atoms with Crippen LogP contribution in [0.1, 0.15) is 48.0 Å². The van der Waals surface area contributed by atoms with Crippen molar-refractivity contribution in [3.63, 3.8) is 0 Å². The molecule has 1 aromatic heterocycles. The summed E-state index contributed by atoms with van der Waals surface area (Å²) in [7, 11) is -3.71. The number of amides is 1. The van der Waals surface area contributed by atoms with Crippen LogP contribution in [0.4, 0.5) is 0 Å². The van der Waals surface area contributed by atoms with Crippen LogP contribution in [-0.2, 0) is 28.7 Å². The number of nitrogens with zero attached hydrogens (tertiary/aromatic N) is 3. The number of aromatic nitrogens is 2. The number of hydrogen-bond acceptors (Lipinski definition) is 4. The van der Waals surface area contributed by atoms with Gasteiger partial charge in [-0.3, -0.25) is 4.79 Å². The third-order valence-electron chi connectivity index (χ3n) is 5.52. The molecule has 2 aromatic carbocycles. The van der Waals surface area contributed by atoms with Crippen LogP contribution in [0, 0.1) is 12.8 Å². The Labute approximate surface area is 211 Å². The van der Waals surface area contributed by atoms with Crippen LogP contribution in [0.5, 0.6) is 0 Å². The summed E-state index contributed by atoms with van der Waals surface area (Å²) in [4.78, 5) is 19.1. The molecular formula is C25H29Cl2N3O3S. The van der Waals surface area contributed by atoms with Crippen molar-refractivity contribution in [2.75, 3.05) is 6.54 Å². The predicted molar refractivity (Wildman–Crippen MR) is 136 cm³/mol. The molecule has 0 aliphatic rings. The molecule has 0 radical (unpaired) electrons. The monoisotopic (exact) mass is 521 g/mol. The average Bonchev–Trinajstić information content (AvgIpc) is 3.15. The number of sulfone groups is 1. The number of aryl methyl sites for hydroxylation is 1. The molecule has 34 heavy (non-hydrogen) atoms. The lowest BCUT2D eigenvalue weighted by Crippen LogP contribution is -2.32. The SMILES string of the molecule is CCN(Cc1cnc(S(=O)(=O)Cc2ccccc2C)n1CC(C)C)C(=O)c1ccc(Cl)cc1Cl. The maximum Gasteiger partial charge on any atom is 0.255 e. The molecule has 0 N–H and O–H groups in total. The molecule has 0 unspecified atom stereocenters. The maximum absolute atomic E-state index is 13.4. The van der Waals surface area contributed by atoms with Crippen LogP contribution in [-0.4, -0.2) is 35.3 Å². The third kappa shape index (κ3) is 6.01. The summed E-state index contributed by atoms with van der Waals surface area (Å²) < 4.78 is 28.4. The van der Waals surface area contributed by atoms with Gasteiger partial charge in [-0.1, -0.05) is 61.3 Å². The lowest BCUT2D eigenvalue weighted by Gasteiger charge is -2.23. The van der Waals surface area contributed by atoms with E-state index in [4.69, 9.17) is 23.2 Å². The van der Waals surface area contributed by atoms with Gasteiger partial charge in [-0.15, -0.1) is 0 Å². The van der Waals surface area contributed by atoms with Gasteiger partial charge in [0.05, 0.1) is 34.8 Å². The van der Waals surface area contributed by atoms with E-state index in [-0.39, 0.29) is 34.3 Å². The number of benzene rings is 2. The second kappa shape index (κ2) is 10.9. The molecule has 182 valence electrons. The smallest absolute Gasteiger partial charge is 0.255 e. The van der Waals surface area contributed by atoms with Gasteiger partial charge in [0.2, 0.25) is 15.0 Å². The van der Waals surface area contributed by atoms with Gasteiger partial charge < -0.3 is 9.47 Å². The van der Waals surface area contributed by atoms with Gasteiger partial charge in [0, 0.05) is 18.1 Å². The first-order valence-corrected chi connectivity index (χ1v) is 13.5. The van der Waals surface area contributed by atoms with Gasteiger partial charge in [-0.05, 0) is 49.1 Å². The molecule has 0 spiro atoms. The number of imidazole rings is 1. The Hall–Kier alpha value is -2.35. The minimum Gasteiger partial charge on any atom is -0.333 e. The van der Waals surface area contributed by atoms with Crippen molar-refractivity contribution in [3.05, 3.63) is 81.1 Å². The summed E-state index contributed by atoms with van der Waals surface area (Å²) in [6.45, 7) is 8.86. The molecule has 0 aliphatic carbocycles. The molecule has 1 amide bonds. The Morgan fingerprint density at radius 3 is 2.47 bits per heavy atom. The Bertz CT molecular complexity index is 1290. The van der Waals surface area contributed by atoms with Crippen molar-refractivity contribution in [2.45, 2.75) is 51.7 Å². The molecule has 0 saturated carbocycles. The highest BCUT2D eigenvalue weighted by atomic mass is 35.5. The molecule has 0 atom stereocenters. The zero-order valence-corrected chi connectivity index (χ0v) is 22.1. The maximum atomic E-state index is 13.4. The van der Waals surface area contributed by atoms with E-state index in [1.165, 1.54) is 6.07 Å². The van der Waals surface area contributed by atoms with Gasteiger partial charge >= 0.3 is 0 Å². The fourth-order valence-corrected chi connectivity index (χ4v) is 5.82. The highest BCUT2D eigenvalue weighted by Gasteiger charge is 2.27. The Morgan fingerprint density at radius 2 is 1.85 bits per heavy atom. The first kappa shape index (κ1) is 26.3. The number of halogens is 2. The Kier molecular flexibility index (Phi) is 8.44. The summed E-state index contributed by atoms with van der Waals surface area (Å²) in [5.41, 5.74) is 2.65. The second-order valence-corrected chi connectivity index (χ2v) is 11.4. The first-order valence-electron chi connectivity index (χ1n) is 11.1. The van der Waals surface area contributed by atoms with E-state index in [0.717, 1.165) is 11.1 Å².